The van der Waals surface area contributed by atoms with Crippen molar-refractivity contribution in [2.75, 3.05) is 6.54 Å². The Hall–Kier alpha value is -1.57. The van der Waals surface area contributed by atoms with Gasteiger partial charge in [0.05, 0.1) is 12.3 Å². The number of aliphatic imine (C=N–C) groups is 1. The Morgan fingerprint density at radius 3 is 2.46 bits per heavy atom. The van der Waals surface area contributed by atoms with Gasteiger partial charge in [-0.3, -0.25) is 4.99 Å². The topological polar surface area (TPSA) is 21.6 Å². The minimum Gasteiger partial charge on any atom is -0.487 e. The standard InChI is InChI=1S/C22H33NO/c1-3-5-7-11-15-20(14-6-4-2)22-21(16-17-23-22)24-18-19-12-9-8-10-13-19/h8-10,12-13,16,20H,3-7,11,14-15,17-18H2,1-2H3. The number of benzene rings is 1. The maximum absolute atomic E-state index is 6.12. The van der Waals surface area contributed by atoms with Crippen molar-refractivity contribution < 1.29 is 4.74 Å². The average molecular weight is 328 g/mol. The fourth-order valence-corrected chi connectivity index (χ4v) is 3.29. The van der Waals surface area contributed by atoms with E-state index in [9.17, 15) is 0 Å². The molecule has 0 bridgehead atoms. The van der Waals surface area contributed by atoms with Crippen LogP contribution in [-0.4, -0.2) is 12.3 Å². The number of unbranched alkanes of at least 4 members (excludes halogenated alkanes) is 4. The van der Waals surface area contributed by atoms with Crippen molar-refractivity contribution >= 4 is 5.71 Å². The zero-order chi connectivity index (χ0) is 17.0. The van der Waals surface area contributed by atoms with Crippen LogP contribution in [0.4, 0.5) is 0 Å². The molecule has 0 radical (unpaired) electrons. The van der Waals surface area contributed by atoms with E-state index >= 15 is 0 Å². The number of allylic oxidation sites excluding steroid dienone is 1. The molecule has 2 rings (SSSR count). The molecule has 2 heteroatoms. The largest absolute Gasteiger partial charge is 0.487 e. The van der Waals surface area contributed by atoms with Gasteiger partial charge in [0, 0.05) is 5.92 Å². The molecular formula is C22H33NO. The Morgan fingerprint density at radius 2 is 1.71 bits per heavy atom. The van der Waals surface area contributed by atoms with Gasteiger partial charge < -0.3 is 4.74 Å². The summed E-state index contributed by atoms with van der Waals surface area (Å²) in [6.07, 6.45) is 12.5. The number of nitrogens with zero attached hydrogens (tertiary/aromatic N) is 1. The predicted molar refractivity (Wildman–Crippen MR) is 103 cm³/mol. The Labute approximate surface area is 148 Å². The third kappa shape index (κ3) is 6.14. The fourth-order valence-electron chi connectivity index (χ4n) is 3.29. The molecule has 1 unspecified atom stereocenters. The molecular weight excluding hydrogens is 294 g/mol. The van der Waals surface area contributed by atoms with Gasteiger partial charge >= 0.3 is 0 Å². The molecule has 1 aliphatic rings. The smallest absolute Gasteiger partial charge is 0.138 e. The lowest BCUT2D eigenvalue weighted by Crippen LogP contribution is -2.17. The minimum atomic E-state index is 0.575. The summed E-state index contributed by atoms with van der Waals surface area (Å²) in [6.45, 7) is 5.97. The molecule has 1 aromatic carbocycles. The summed E-state index contributed by atoms with van der Waals surface area (Å²) < 4.78 is 6.12. The average Bonchev–Trinajstić information content (AvgIpc) is 3.09. The third-order valence-electron chi connectivity index (χ3n) is 4.73. The van der Waals surface area contributed by atoms with Crippen LogP contribution in [0, 0.1) is 5.92 Å². The minimum absolute atomic E-state index is 0.575. The second-order valence-corrected chi connectivity index (χ2v) is 6.76. The first-order chi connectivity index (χ1) is 11.8. The van der Waals surface area contributed by atoms with E-state index in [4.69, 9.17) is 9.73 Å². The van der Waals surface area contributed by atoms with E-state index in [2.05, 4.69) is 44.2 Å². The zero-order valence-electron chi connectivity index (χ0n) is 15.5. The molecule has 0 fully saturated rings. The highest BCUT2D eigenvalue weighted by atomic mass is 16.5. The molecule has 1 aromatic rings. The van der Waals surface area contributed by atoms with E-state index in [0.29, 0.717) is 12.5 Å². The molecule has 0 aromatic heterocycles. The molecule has 0 aliphatic carbocycles. The summed E-state index contributed by atoms with van der Waals surface area (Å²) in [5.41, 5.74) is 2.45. The van der Waals surface area contributed by atoms with Gasteiger partial charge in [0.1, 0.15) is 12.4 Å². The summed E-state index contributed by atoms with van der Waals surface area (Å²) >= 11 is 0. The van der Waals surface area contributed by atoms with Gasteiger partial charge in [-0.05, 0) is 24.5 Å². The van der Waals surface area contributed by atoms with E-state index in [-0.39, 0.29) is 0 Å². The fraction of sp³-hybridized carbons (Fsp3) is 0.591. The highest BCUT2D eigenvalue weighted by molar-refractivity contribution is 6.01. The molecule has 0 saturated heterocycles. The second-order valence-electron chi connectivity index (χ2n) is 6.76. The predicted octanol–water partition coefficient (Wildman–Crippen LogP) is 6.32. The Balaban J connectivity index is 1.90. The SMILES string of the molecule is CCCCCCC(CCCC)C1=NCC=C1OCc1ccccc1. The maximum Gasteiger partial charge on any atom is 0.138 e. The van der Waals surface area contributed by atoms with Gasteiger partial charge in [0.2, 0.25) is 0 Å². The Morgan fingerprint density at radius 1 is 0.958 bits per heavy atom. The molecule has 0 saturated carbocycles. The third-order valence-corrected chi connectivity index (χ3v) is 4.73. The van der Waals surface area contributed by atoms with Crippen LogP contribution < -0.4 is 0 Å². The van der Waals surface area contributed by atoms with Gasteiger partial charge in [-0.25, -0.2) is 0 Å². The molecule has 0 spiro atoms. The maximum atomic E-state index is 6.12. The number of ether oxygens (including phenoxy) is 1. The normalized spacial score (nSPS) is 15.1. The lowest BCUT2D eigenvalue weighted by molar-refractivity contribution is 0.215. The van der Waals surface area contributed by atoms with Crippen LogP contribution in [0.1, 0.15) is 70.8 Å². The molecule has 0 N–H and O–H groups in total. The summed E-state index contributed by atoms with van der Waals surface area (Å²) in [4.78, 5) is 4.78. The molecule has 1 heterocycles. The highest BCUT2D eigenvalue weighted by Crippen LogP contribution is 2.26. The Kier molecular flexibility index (Phi) is 8.65. The number of hydrogen-bond acceptors (Lipinski definition) is 2. The zero-order valence-corrected chi connectivity index (χ0v) is 15.5. The lowest BCUT2D eigenvalue weighted by Gasteiger charge is -2.20. The van der Waals surface area contributed by atoms with Crippen molar-refractivity contribution in [3.63, 3.8) is 0 Å². The molecule has 1 aliphatic heterocycles. The van der Waals surface area contributed by atoms with Gasteiger partial charge in [0.15, 0.2) is 0 Å². The summed E-state index contributed by atoms with van der Waals surface area (Å²) in [5, 5.41) is 0. The van der Waals surface area contributed by atoms with Crippen molar-refractivity contribution in [3.8, 4) is 0 Å². The van der Waals surface area contributed by atoms with Crippen molar-refractivity contribution in [2.45, 2.75) is 71.8 Å². The second kappa shape index (κ2) is 11.1. The first kappa shape index (κ1) is 18.8. The first-order valence-electron chi connectivity index (χ1n) is 9.76. The van der Waals surface area contributed by atoms with Gasteiger partial charge in [-0.1, -0.05) is 82.7 Å². The summed E-state index contributed by atoms with van der Waals surface area (Å²) in [6, 6.07) is 10.4. The molecule has 24 heavy (non-hydrogen) atoms. The van der Waals surface area contributed by atoms with Crippen LogP contribution in [0.3, 0.4) is 0 Å². The lowest BCUT2D eigenvalue weighted by atomic mass is 9.90. The van der Waals surface area contributed by atoms with Crippen LogP contribution in [0.15, 0.2) is 47.2 Å². The van der Waals surface area contributed by atoms with Crippen LogP contribution >= 0.6 is 0 Å². The van der Waals surface area contributed by atoms with Crippen LogP contribution in [0.2, 0.25) is 0 Å². The molecule has 1 atom stereocenters. The van der Waals surface area contributed by atoms with E-state index in [1.54, 1.807) is 0 Å². The quantitative estimate of drug-likeness (QED) is 0.412. The van der Waals surface area contributed by atoms with E-state index in [1.165, 1.54) is 62.6 Å². The van der Waals surface area contributed by atoms with Crippen LogP contribution in [0.5, 0.6) is 0 Å². The van der Waals surface area contributed by atoms with Crippen LogP contribution in [-0.2, 0) is 11.3 Å². The van der Waals surface area contributed by atoms with E-state index in [1.807, 2.05) is 6.07 Å². The van der Waals surface area contributed by atoms with Crippen LogP contribution in [0.25, 0.3) is 0 Å². The van der Waals surface area contributed by atoms with Crippen molar-refractivity contribution in [3.05, 3.63) is 47.7 Å². The monoisotopic (exact) mass is 327 g/mol. The highest BCUT2D eigenvalue weighted by Gasteiger charge is 2.23. The van der Waals surface area contributed by atoms with Gasteiger partial charge in [-0.2, -0.15) is 0 Å². The summed E-state index contributed by atoms with van der Waals surface area (Å²) in [5.74, 6) is 1.61. The van der Waals surface area contributed by atoms with Crippen molar-refractivity contribution in [2.24, 2.45) is 10.9 Å². The van der Waals surface area contributed by atoms with Crippen molar-refractivity contribution in [1.82, 2.24) is 0 Å². The van der Waals surface area contributed by atoms with Crippen molar-refractivity contribution in [1.29, 1.82) is 0 Å². The van der Waals surface area contributed by atoms with E-state index in [0.717, 1.165) is 12.3 Å². The first-order valence-corrected chi connectivity index (χ1v) is 9.76. The molecule has 132 valence electrons. The van der Waals surface area contributed by atoms with Gasteiger partial charge in [-0.15, -0.1) is 0 Å². The molecule has 2 nitrogen and oxygen atoms in total. The number of hydrogen-bond donors (Lipinski definition) is 0. The number of rotatable bonds is 12. The summed E-state index contributed by atoms with van der Waals surface area (Å²) in [7, 11) is 0. The Bertz CT molecular complexity index is 518. The van der Waals surface area contributed by atoms with E-state index < -0.39 is 0 Å². The molecule has 0 amide bonds. The van der Waals surface area contributed by atoms with Gasteiger partial charge in [0.25, 0.3) is 0 Å².